The van der Waals surface area contributed by atoms with Crippen molar-refractivity contribution >= 4 is 0 Å². The lowest BCUT2D eigenvalue weighted by Gasteiger charge is -2.03. The number of aromatic nitrogens is 4. The normalized spacial score (nSPS) is 10.9. The first kappa shape index (κ1) is 36.9. The molecule has 0 bridgehead atoms. The van der Waals surface area contributed by atoms with Crippen LogP contribution in [0.2, 0.25) is 0 Å². The van der Waals surface area contributed by atoms with Crippen LogP contribution in [0.3, 0.4) is 0 Å². The van der Waals surface area contributed by atoms with Crippen molar-refractivity contribution in [1.29, 1.82) is 0 Å². The highest BCUT2D eigenvalue weighted by atomic mass is 35.5. The van der Waals surface area contributed by atoms with Crippen molar-refractivity contribution in [2.75, 3.05) is 13.2 Å². The third-order valence-corrected chi connectivity index (χ3v) is 6.84. The Morgan fingerprint density at radius 3 is 1.26 bits per heavy atom. The minimum atomic E-state index is 0. The van der Waals surface area contributed by atoms with Gasteiger partial charge < -0.3 is 34.3 Å². The van der Waals surface area contributed by atoms with E-state index in [4.69, 9.17) is 9.47 Å². The SMILES string of the molecule is CCCCCCCCCn1cc[n+](COCCCCOC[n+]2ccn(CCCCCCCCC)c2)c1.[Cl-].[Cl-]. The fourth-order valence-electron chi connectivity index (χ4n) is 4.55. The van der Waals surface area contributed by atoms with Gasteiger partial charge in [-0.1, -0.05) is 78.1 Å². The van der Waals surface area contributed by atoms with Crippen LogP contribution < -0.4 is 33.9 Å². The molecule has 2 aromatic heterocycles. The van der Waals surface area contributed by atoms with Crippen molar-refractivity contribution in [3.63, 3.8) is 0 Å². The molecule has 0 spiro atoms. The second kappa shape index (κ2) is 26.2. The highest BCUT2D eigenvalue weighted by Gasteiger charge is 2.05. The predicted octanol–water partition coefficient (Wildman–Crippen LogP) is 0.802. The maximum Gasteiger partial charge on any atom is 0.245 e. The molecule has 0 N–H and O–H groups in total. The molecular formula is C30H56Cl2N4O2. The summed E-state index contributed by atoms with van der Waals surface area (Å²) in [6.45, 7) is 9.59. The highest BCUT2D eigenvalue weighted by molar-refractivity contribution is 4.66. The molecule has 0 aliphatic rings. The summed E-state index contributed by atoms with van der Waals surface area (Å²) in [6.07, 6.45) is 33.9. The van der Waals surface area contributed by atoms with Gasteiger partial charge in [0.25, 0.3) is 0 Å². The van der Waals surface area contributed by atoms with Gasteiger partial charge in [-0.2, -0.15) is 0 Å². The third kappa shape index (κ3) is 19.1. The summed E-state index contributed by atoms with van der Waals surface area (Å²) in [5.74, 6) is 0. The first-order chi connectivity index (χ1) is 17.8. The average molecular weight is 576 g/mol. The molecule has 38 heavy (non-hydrogen) atoms. The monoisotopic (exact) mass is 574 g/mol. The summed E-state index contributed by atoms with van der Waals surface area (Å²) in [5, 5.41) is 0. The van der Waals surface area contributed by atoms with Gasteiger partial charge in [-0.15, -0.1) is 0 Å². The second-order valence-electron chi connectivity index (χ2n) is 10.4. The topological polar surface area (TPSA) is 36.1 Å². The van der Waals surface area contributed by atoms with E-state index in [9.17, 15) is 0 Å². The Bertz CT molecular complexity index is 692. The van der Waals surface area contributed by atoms with Crippen molar-refractivity contribution < 1.29 is 43.4 Å². The third-order valence-electron chi connectivity index (χ3n) is 6.84. The molecule has 6 nitrogen and oxygen atoms in total. The molecular weight excluding hydrogens is 519 g/mol. The summed E-state index contributed by atoms with van der Waals surface area (Å²) in [4.78, 5) is 0. The molecule has 0 aliphatic heterocycles. The molecule has 0 saturated heterocycles. The average Bonchev–Trinajstić information content (AvgIpc) is 3.54. The zero-order chi connectivity index (χ0) is 25.5. The van der Waals surface area contributed by atoms with Crippen molar-refractivity contribution in [3.8, 4) is 0 Å². The molecule has 2 aromatic rings. The smallest absolute Gasteiger partial charge is 0.245 e. The lowest BCUT2D eigenvalue weighted by Crippen LogP contribution is -3.00. The summed E-state index contributed by atoms with van der Waals surface area (Å²) < 4.78 is 20.5. The molecule has 0 radical (unpaired) electrons. The van der Waals surface area contributed by atoms with Crippen LogP contribution >= 0.6 is 0 Å². The van der Waals surface area contributed by atoms with Crippen molar-refractivity contribution in [2.45, 2.75) is 143 Å². The number of nitrogens with zero attached hydrogens (tertiary/aromatic N) is 4. The first-order valence-corrected chi connectivity index (χ1v) is 15.1. The van der Waals surface area contributed by atoms with E-state index in [1.165, 1.54) is 89.9 Å². The zero-order valence-electron chi connectivity index (χ0n) is 24.4. The molecule has 0 fully saturated rings. The number of hydrogen-bond acceptors (Lipinski definition) is 2. The van der Waals surface area contributed by atoms with E-state index in [1.807, 2.05) is 0 Å². The summed E-state index contributed by atoms with van der Waals surface area (Å²) in [7, 11) is 0. The molecule has 0 aromatic carbocycles. The largest absolute Gasteiger partial charge is 1.00 e. The fourth-order valence-corrected chi connectivity index (χ4v) is 4.55. The minimum Gasteiger partial charge on any atom is -1.00 e. The molecule has 0 unspecified atom stereocenters. The van der Waals surface area contributed by atoms with Gasteiger partial charge in [-0.05, 0) is 38.5 Å². The summed E-state index contributed by atoms with van der Waals surface area (Å²) in [6, 6.07) is 0. The van der Waals surface area contributed by atoms with E-state index >= 15 is 0 Å². The van der Waals surface area contributed by atoms with Gasteiger partial charge in [0.2, 0.25) is 12.7 Å². The van der Waals surface area contributed by atoms with Crippen LogP contribution in [0.25, 0.3) is 0 Å². The van der Waals surface area contributed by atoms with Crippen molar-refractivity contribution in [3.05, 3.63) is 37.4 Å². The van der Waals surface area contributed by atoms with Gasteiger partial charge in [0.1, 0.15) is 24.8 Å². The van der Waals surface area contributed by atoms with Gasteiger partial charge in [0, 0.05) is 0 Å². The Morgan fingerprint density at radius 1 is 0.500 bits per heavy atom. The number of aryl methyl sites for hydroxylation is 2. The molecule has 2 rings (SSSR count). The number of ether oxygens (including phenoxy) is 2. The lowest BCUT2D eigenvalue weighted by molar-refractivity contribution is -0.733. The predicted molar refractivity (Wildman–Crippen MR) is 146 cm³/mol. The number of rotatable bonds is 25. The Hall–Kier alpha value is -1.08. The quantitative estimate of drug-likeness (QED) is 0.130. The van der Waals surface area contributed by atoms with Crippen molar-refractivity contribution in [1.82, 2.24) is 9.13 Å². The molecule has 0 saturated carbocycles. The number of unbranched alkanes of at least 4 members (excludes halogenated alkanes) is 13. The van der Waals surface area contributed by atoms with Crippen LogP contribution in [0.5, 0.6) is 0 Å². The van der Waals surface area contributed by atoms with Crippen LogP contribution in [-0.2, 0) is 36.0 Å². The van der Waals surface area contributed by atoms with Gasteiger partial charge in [-0.25, -0.2) is 18.3 Å². The van der Waals surface area contributed by atoms with Gasteiger partial charge in [0.15, 0.2) is 13.5 Å². The van der Waals surface area contributed by atoms with E-state index in [0.717, 1.165) is 39.1 Å². The van der Waals surface area contributed by atoms with Gasteiger partial charge in [-0.3, -0.25) is 0 Å². The molecule has 8 heteroatoms. The molecule has 0 amide bonds. The lowest BCUT2D eigenvalue weighted by atomic mass is 10.1. The fraction of sp³-hybridized carbons (Fsp3) is 0.800. The van der Waals surface area contributed by atoms with E-state index in [1.54, 1.807) is 0 Å². The first-order valence-electron chi connectivity index (χ1n) is 15.1. The van der Waals surface area contributed by atoms with E-state index in [2.05, 4.69) is 69.6 Å². The zero-order valence-corrected chi connectivity index (χ0v) is 25.9. The van der Waals surface area contributed by atoms with E-state index in [0.29, 0.717) is 13.5 Å². The van der Waals surface area contributed by atoms with Crippen molar-refractivity contribution in [2.24, 2.45) is 0 Å². The van der Waals surface area contributed by atoms with E-state index in [-0.39, 0.29) is 24.8 Å². The van der Waals surface area contributed by atoms with Crippen LogP contribution in [-0.4, -0.2) is 22.3 Å². The van der Waals surface area contributed by atoms with Gasteiger partial charge >= 0.3 is 0 Å². The second-order valence-corrected chi connectivity index (χ2v) is 10.4. The molecule has 222 valence electrons. The molecule has 0 aliphatic carbocycles. The standard InChI is InChI=1S/C30H56N4O2.2ClH/c1-3-5-7-9-11-13-15-19-31-21-23-33(27-31)29-35-25-17-18-26-36-30-34-24-22-32(28-34)20-16-14-12-10-8-6-4-2;;/h21-24,27-28H,3-20,25-26,29-30H2,1-2H3;2*1H/q+2;;/p-2. The summed E-state index contributed by atoms with van der Waals surface area (Å²) >= 11 is 0. The van der Waals surface area contributed by atoms with Crippen LogP contribution in [0.15, 0.2) is 37.4 Å². The molecule has 2 heterocycles. The Morgan fingerprint density at radius 2 is 0.868 bits per heavy atom. The Labute approximate surface area is 245 Å². The van der Waals surface area contributed by atoms with Crippen LogP contribution in [0, 0.1) is 0 Å². The number of imidazole rings is 2. The molecule has 0 atom stereocenters. The highest BCUT2D eigenvalue weighted by Crippen LogP contribution is 2.08. The van der Waals surface area contributed by atoms with Crippen LogP contribution in [0.4, 0.5) is 0 Å². The van der Waals surface area contributed by atoms with E-state index < -0.39 is 0 Å². The maximum absolute atomic E-state index is 5.84. The Balaban J connectivity index is 0.00000684. The summed E-state index contributed by atoms with van der Waals surface area (Å²) in [5.41, 5.74) is 0. The minimum absolute atomic E-state index is 0. The number of hydrogen-bond donors (Lipinski definition) is 0. The Kier molecular flexibility index (Phi) is 25.4. The number of halogens is 2. The van der Waals surface area contributed by atoms with Gasteiger partial charge in [0.05, 0.1) is 26.3 Å². The van der Waals surface area contributed by atoms with Crippen LogP contribution in [0.1, 0.15) is 117 Å². The maximum atomic E-state index is 5.84.